The highest BCUT2D eigenvalue weighted by Gasteiger charge is 2.46. The lowest BCUT2D eigenvalue weighted by Gasteiger charge is -2.26. The van der Waals surface area contributed by atoms with E-state index in [2.05, 4.69) is 0 Å². The van der Waals surface area contributed by atoms with Gasteiger partial charge in [0.05, 0.1) is 31.4 Å². The second-order valence-corrected chi connectivity index (χ2v) is 8.84. The first-order chi connectivity index (χ1) is 16.8. The molecular formula is C27H31NO7. The van der Waals surface area contributed by atoms with Gasteiger partial charge in [0, 0.05) is 32.2 Å². The molecule has 2 aromatic carbocycles. The van der Waals surface area contributed by atoms with Crippen LogP contribution in [0.25, 0.3) is 5.76 Å². The summed E-state index contributed by atoms with van der Waals surface area (Å²) in [5.41, 5.74) is 2.11. The number of methoxy groups -OCH3 is 2. The molecule has 1 amide bonds. The first-order valence-corrected chi connectivity index (χ1v) is 11.7. The van der Waals surface area contributed by atoms with E-state index in [0.29, 0.717) is 48.8 Å². The molecule has 0 aliphatic carbocycles. The van der Waals surface area contributed by atoms with Gasteiger partial charge in [0.25, 0.3) is 11.7 Å². The second-order valence-electron chi connectivity index (χ2n) is 8.84. The smallest absolute Gasteiger partial charge is 0.295 e. The van der Waals surface area contributed by atoms with Gasteiger partial charge in [0.2, 0.25) is 0 Å². The van der Waals surface area contributed by atoms with Crippen molar-refractivity contribution in [3.8, 4) is 17.2 Å². The van der Waals surface area contributed by atoms with Crippen LogP contribution in [-0.4, -0.2) is 61.8 Å². The fourth-order valence-corrected chi connectivity index (χ4v) is 4.53. The maximum atomic E-state index is 13.2. The molecule has 1 atom stereocenters. The molecule has 0 saturated carbocycles. The van der Waals surface area contributed by atoms with E-state index in [-0.39, 0.29) is 17.4 Å². The molecule has 2 heterocycles. The third-order valence-electron chi connectivity index (χ3n) is 6.12. The molecule has 2 aliphatic rings. The SMILES string of the molecule is COCCCN1C(=O)C(=O)/C(=C(/O)c2ccc3c(c2)CCO3)C1c1ccc(OC(C)C)c(OC)c1. The van der Waals surface area contributed by atoms with Gasteiger partial charge in [0.1, 0.15) is 11.5 Å². The van der Waals surface area contributed by atoms with E-state index < -0.39 is 17.7 Å². The molecule has 0 bridgehead atoms. The van der Waals surface area contributed by atoms with Crippen LogP contribution in [0.15, 0.2) is 42.0 Å². The van der Waals surface area contributed by atoms with Crippen LogP contribution in [0, 0.1) is 0 Å². The quantitative estimate of drug-likeness (QED) is 0.251. The highest BCUT2D eigenvalue weighted by Crippen LogP contribution is 2.42. The molecule has 186 valence electrons. The minimum Gasteiger partial charge on any atom is -0.507 e. The van der Waals surface area contributed by atoms with Gasteiger partial charge in [-0.3, -0.25) is 9.59 Å². The lowest BCUT2D eigenvalue weighted by molar-refractivity contribution is -0.140. The van der Waals surface area contributed by atoms with E-state index in [9.17, 15) is 14.7 Å². The van der Waals surface area contributed by atoms with E-state index in [1.165, 1.54) is 12.0 Å². The molecule has 2 aromatic rings. The Hall–Kier alpha value is -3.52. The zero-order valence-corrected chi connectivity index (χ0v) is 20.5. The van der Waals surface area contributed by atoms with Crippen LogP contribution in [0.5, 0.6) is 17.2 Å². The summed E-state index contributed by atoms with van der Waals surface area (Å²) >= 11 is 0. The van der Waals surface area contributed by atoms with Crippen molar-refractivity contribution < 1.29 is 33.6 Å². The van der Waals surface area contributed by atoms with Gasteiger partial charge >= 0.3 is 0 Å². The van der Waals surface area contributed by atoms with Crippen molar-refractivity contribution in [3.63, 3.8) is 0 Å². The number of carbonyl (C=O) groups excluding carboxylic acids is 2. The minimum absolute atomic E-state index is 0.0471. The molecule has 1 fully saturated rings. The van der Waals surface area contributed by atoms with Crippen LogP contribution >= 0.6 is 0 Å². The predicted octanol–water partition coefficient (Wildman–Crippen LogP) is 3.88. The monoisotopic (exact) mass is 481 g/mol. The lowest BCUT2D eigenvalue weighted by atomic mass is 9.94. The Morgan fingerprint density at radius 2 is 1.94 bits per heavy atom. The third-order valence-corrected chi connectivity index (χ3v) is 6.12. The Balaban J connectivity index is 1.82. The average Bonchev–Trinajstić information content (AvgIpc) is 3.41. The molecule has 0 spiro atoms. The van der Waals surface area contributed by atoms with Crippen molar-refractivity contribution in [1.82, 2.24) is 4.90 Å². The van der Waals surface area contributed by atoms with Gasteiger partial charge < -0.3 is 29.0 Å². The fraction of sp³-hybridized carbons (Fsp3) is 0.407. The zero-order valence-electron chi connectivity index (χ0n) is 20.5. The number of rotatable bonds is 9. The first-order valence-electron chi connectivity index (χ1n) is 11.7. The number of carbonyl (C=O) groups is 2. The van der Waals surface area contributed by atoms with Crippen molar-refractivity contribution in [3.05, 3.63) is 58.7 Å². The lowest BCUT2D eigenvalue weighted by Crippen LogP contribution is -2.31. The minimum atomic E-state index is -0.779. The van der Waals surface area contributed by atoms with Crippen LogP contribution in [0.1, 0.15) is 43.0 Å². The summed E-state index contributed by atoms with van der Waals surface area (Å²) in [7, 11) is 3.12. The van der Waals surface area contributed by atoms with Gasteiger partial charge in [-0.2, -0.15) is 0 Å². The molecule has 8 nitrogen and oxygen atoms in total. The molecule has 0 radical (unpaired) electrons. The van der Waals surface area contributed by atoms with Crippen molar-refractivity contribution >= 4 is 17.4 Å². The number of ketones is 1. The Kier molecular flexibility index (Phi) is 7.31. The number of Topliss-reactive ketones (excluding diaryl/α,β-unsaturated/α-hetero) is 1. The van der Waals surface area contributed by atoms with Gasteiger partial charge in [-0.15, -0.1) is 0 Å². The summed E-state index contributed by atoms with van der Waals surface area (Å²) in [5.74, 6) is 0.221. The number of benzene rings is 2. The van der Waals surface area contributed by atoms with Crippen LogP contribution in [0.2, 0.25) is 0 Å². The van der Waals surface area contributed by atoms with Crippen LogP contribution in [-0.2, 0) is 20.7 Å². The van der Waals surface area contributed by atoms with Gasteiger partial charge in [0.15, 0.2) is 11.5 Å². The number of likely N-dealkylation sites (tertiary alicyclic amines) is 1. The van der Waals surface area contributed by atoms with Crippen molar-refractivity contribution in [2.45, 2.75) is 38.8 Å². The number of aliphatic hydroxyl groups excluding tert-OH is 1. The number of hydrogen-bond donors (Lipinski definition) is 1. The Morgan fingerprint density at radius 1 is 1.14 bits per heavy atom. The number of fused-ring (bicyclic) bond motifs is 1. The summed E-state index contributed by atoms with van der Waals surface area (Å²) in [4.78, 5) is 27.8. The normalized spacial score (nSPS) is 18.7. The zero-order chi connectivity index (χ0) is 25.1. The van der Waals surface area contributed by atoms with Gasteiger partial charge in [-0.25, -0.2) is 0 Å². The second kappa shape index (κ2) is 10.4. The summed E-state index contributed by atoms with van der Waals surface area (Å²) in [6.07, 6.45) is 1.21. The molecule has 2 aliphatic heterocycles. The molecule has 1 saturated heterocycles. The summed E-state index contributed by atoms with van der Waals surface area (Å²) in [6, 6.07) is 9.82. The number of aliphatic hydroxyl groups is 1. The molecular weight excluding hydrogens is 450 g/mol. The van der Waals surface area contributed by atoms with E-state index in [1.807, 2.05) is 19.9 Å². The molecule has 8 heteroatoms. The van der Waals surface area contributed by atoms with Gasteiger partial charge in [-0.1, -0.05) is 6.07 Å². The van der Waals surface area contributed by atoms with Crippen LogP contribution < -0.4 is 14.2 Å². The fourth-order valence-electron chi connectivity index (χ4n) is 4.53. The highest BCUT2D eigenvalue weighted by atomic mass is 16.5. The van der Waals surface area contributed by atoms with Crippen molar-refractivity contribution in [1.29, 1.82) is 0 Å². The summed E-state index contributed by atoms with van der Waals surface area (Å²) < 4.78 is 22.1. The maximum Gasteiger partial charge on any atom is 0.295 e. The van der Waals surface area contributed by atoms with E-state index in [4.69, 9.17) is 18.9 Å². The summed E-state index contributed by atoms with van der Waals surface area (Å²) in [5, 5.41) is 11.3. The number of nitrogens with zero attached hydrogens (tertiary/aromatic N) is 1. The molecule has 1 N–H and O–H groups in total. The number of hydrogen-bond acceptors (Lipinski definition) is 7. The van der Waals surface area contributed by atoms with Crippen LogP contribution in [0.4, 0.5) is 0 Å². The van der Waals surface area contributed by atoms with Gasteiger partial charge in [-0.05, 0) is 61.7 Å². The number of amides is 1. The van der Waals surface area contributed by atoms with E-state index in [0.717, 1.165) is 17.7 Å². The molecule has 0 aromatic heterocycles. The van der Waals surface area contributed by atoms with Crippen molar-refractivity contribution in [2.24, 2.45) is 0 Å². The topological polar surface area (TPSA) is 94.5 Å². The Morgan fingerprint density at radius 3 is 2.66 bits per heavy atom. The number of ether oxygens (including phenoxy) is 4. The third kappa shape index (κ3) is 4.84. The van der Waals surface area contributed by atoms with Crippen molar-refractivity contribution in [2.75, 3.05) is 34.0 Å². The standard InChI is InChI=1S/C27H31NO7/c1-16(2)35-21-9-6-18(15-22(21)33-4)24-23(26(30)27(31)28(24)11-5-12-32-3)25(29)19-7-8-20-17(14-19)10-13-34-20/h6-9,14-16,24,29H,5,10-13H2,1-4H3/b25-23+. The largest absolute Gasteiger partial charge is 0.507 e. The first kappa shape index (κ1) is 24.6. The maximum absolute atomic E-state index is 13.2. The summed E-state index contributed by atoms with van der Waals surface area (Å²) in [6.45, 7) is 5.14. The molecule has 35 heavy (non-hydrogen) atoms. The molecule has 1 unspecified atom stereocenters. The van der Waals surface area contributed by atoms with E-state index >= 15 is 0 Å². The Labute approximate surface area is 205 Å². The Bertz CT molecular complexity index is 1150. The average molecular weight is 482 g/mol. The van der Waals surface area contributed by atoms with E-state index in [1.54, 1.807) is 37.4 Å². The highest BCUT2D eigenvalue weighted by molar-refractivity contribution is 6.46. The van der Waals surface area contributed by atoms with Crippen LogP contribution in [0.3, 0.4) is 0 Å². The predicted molar refractivity (Wildman–Crippen MR) is 130 cm³/mol. The molecule has 4 rings (SSSR count).